The van der Waals surface area contributed by atoms with E-state index in [1.165, 1.54) is 0 Å². The van der Waals surface area contributed by atoms with Gasteiger partial charge in [-0.3, -0.25) is 4.79 Å². The number of aromatic nitrogens is 2. The van der Waals surface area contributed by atoms with E-state index in [2.05, 4.69) is 5.10 Å². The van der Waals surface area contributed by atoms with Gasteiger partial charge in [0.25, 0.3) is 5.91 Å². The first-order valence-corrected chi connectivity index (χ1v) is 8.91. The molecule has 1 aromatic heterocycles. The summed E-state index contributed by atoms with van der Waals surface area (Å²) >= 11 is 0. The van der Waals surface area contributed by atoms with Crippen LogP contribution in [0.5, 0.6) is 0 Å². The van der Waals surface area contributed by atoms with Crippen molar-refractivity contribution in [3.8, 4) is 5.69 Å². The number of carbonyl (C=O) groups excluding carboxylic acids is 1. The highest BCUT2D eigenvalue weighted by atomic mass is 16.5. The smallest absolute Gasteiger partial charge is 0.254 e. The van der Waals surface area contributed by atoms with Crippen molar-refractivity contribution >= 4 is 5.91 Å². The van der Waals surface area contributed by atoms with Gasteiger partial charge in [0.1, 0.15) is 0 Å². The molecule has 2 aliphatic rings. The van der Waals surface area contributed by atoms with Crippen molar-refractivity contribution in [2.24, 2.45) is 5.92 Å². The van der Waals surface area contributed by atoms with Crippen LogP contribution in [0.2, 0.25) is 0 Å². The Morgan fingerprint density at radius 2 is 2.08 bits per heavy atom. The second kappa shape index (κ2) is 6.98. The summed E-state index contributed by atoms with van der Waals surface area (Å²) in [6.45, 7) is 1.64. The summed E-state index contributed by atoms with van der Waals surface area (Å²) in [4.78, 5) is 14.9. The summed E-state index contributed by atoms with van der Waals surface area (Å²) in [5.41, 5.74) is 1.58. The molecule has 4 rings (SSSR count). The summed E-state index contributed by atoms with van der Waals surface area (Å²) in [7, 11) is 0. The van der Waals surface area contributed by atoms with Crippen molar-refractivity contribution in [2.75, 3.05) is 19.8 Å². The third kappa shape index (κ3) is 3.19. The predicted molar refractivity (Wildman–Crippen MR) is 92.6 cm³/mol. The zero-order valence-electron chi connectivity index (χ0n) is 14.1. The molecular formula is C19H23N3O3. The predicted octanol–water partition coefficient (Wildman–Crippen LogP) is 1.87. The summed E-state index contributed by atoms with van der Waals surface area (Å²) in [6.07, 6.45) is 6.06. The Morgan fingerprint density at radius 1 is 1.24 bits per heavy atom. The lowest BCUT2D eigenvalue weighted by Gasteiger charge is -2.40. The Hall–Kier alpha value is -2.18. The Balaban J connectivity index is 1.54. The van der Waals surface area contributed by atoms with Gasteiger partial charge in [0.05, 0.1) is 31.0 Å². The van der Waals surface area contributed by atoms with Gasteiger partial charge in [0.15, 0.2) is 0 Å². The standard InChI is InChI=1S/C19H23N3O3/c23-18-4-1-3-16(18)17-13-25-12-11-21(17)19(24)14-5-7-15(8-6-14)22-10-2-9-20-22/h2,5-10,16-18,23H,1,3-4,11-13H2/t16-,17+,18+/m0/s1. The largest absolute Gasteiger partial charge is 0.393 e. The van der Waals surface area contributed by atoms with Gasteiger partial charge in [-0.2, -0.15) is 5.10 Å². The minimum absolute atomic E-state index is 0.0133. The third-order valence-corrected chi connectivity index (χ3v) is 5.34. The molecule has 6 heteroatoms. The molecule has 1 N–H and O–H groups in total. The maximum atomic E-state index is 13.0. The van der Waals surface area contributed by atoms with Gasteiger partial charge in [-0.15, -0.1) is 0 Å². The molecule has 6 nitrogen and oxygen atoms in total. The van der Waals surface area contributed by atoms with E-state index >= 15 is 0 Å². The SMILES string of the molecule is O=C(c1ccc(-n2cccn2)cc1)N1CCOC[C@@H]1[C@@H]1CCC[C@H]1O. The average Bonchev–Trinajstić information content (AvgIpc) is 3.33. The fraction of sp³-hybridized carbons (Fsp3) is 0.474. The molecule has 1 aliphatic heterocycles. The first kappa shape index (κ1) is 16.3. The molecule has 0 bridgehead atoms. The van der Waals surface area contributed by atoms with Crippen LogP contribution in [0.4, 0.5) is 0 Å². The minimum atomic E-state index is -0.329. The number of carbonyl (C=O) groups is 1. The van der Waals surface area contributed by atoms with Gasteiger partial charge in [-0.25, -0.2) is 4.68 Å². The van der Waals surface area contributed by atoms with Crippen LogP contribution in [0.15, 0.2) is 42.7 Å². The topological polar surface area (TPSA) is 67.6 Å². The van der Waals surface area contributed by atoms with E-state index in [9.17, 15) is 9.90 Å². The van der Waals surface area contributed by atoms with E-state index < -0.39 is 0 Å². The lowest BCUT2D eigenvalue weighted by atomic mass is 9.93. The van der Waals surface area contributed by atoms with Gasteiger partial charge in [0.2, 0.25) is 0 Å². The van der Waals surface area contributed by atoms with Gasteiger partial charge < -0.3 is 14.7 Å². The molecule has 1 aromatic carbocycles. The van der Waals surface area contributed by atoms with Crippen LogP contribution in [-0.4, -0.2) is 57.6 Å². The first-order chi connectivity index (χ1) is 12.2. The van der Waals surface area contributed by atoms with E-state index in [4.69, 9.17) is 4.74 Å². The number of rotatable bonds is 3. The molecule has 0 unspecified atom stereocenters. The Kier molecular flexibility index (Phi) is 4.55. The third-order valence-electron chi connectivity index (χ3n) is 5.34. The highest BCUT2D eigenvalue weighted by molar-refractivity contribution is 5.94. The lowest BCUT2D eigenvalue weighted by Crippen LogP contribution is -2.53. The van der Waals surface area contributed by atoms with E-state index in [0.29, 0.717) is 25.3 Å². The number of benzene rings is 1. The highest BCUT2D eigenvalue weighted by Crippen LogP contribution is 2.32. The maximum Gasteiger partial charge on any atom is 0.254 e. The number of hydrogen-bond acceptors (Lipinski definition) is 4. The summed E-state index contributed by atoms with van der Waals surface area (Å²) in [6, 6.07) is 9.32. The number of aliphatic hydroxyl groups excluding tert-OH is 1. The minimum Gasteiger partial charge on any atom is -0.393 e. The van der Waals surface area contributed by atoms with Gasteiger partial charge in [0, 0.05) is 30.4 Å². The van der Waals surface area contributed by atoms with Gasteiger partial charge >= 0.3 is 0 Å². The van der Waals surface area contributed by atoms with E-state index in [1.807, 2.05) is 41.4 Å². The molecule has 0 radical (unpaired) electrons. The number of aliphatic hydroxyl groups is 1. The van der Waals surface area contributed by atoms with Crippen molar-refractivity contribution < 1.29 is 14.6 Å². The first-order valence-electron chi connectivity index (χ1n) is 8.91. The van der Waals surface area contributed by atoms with E-state index in [1.54, 1.807) is 10.9 Å². The van der Waals surface area contributed by atoms with Gasteiger partial charge in [-0.1, -0.05) is 6.42 Å². The van der Waals surface area contributed by atoms with Crippen molar-refractivity contribution in [3.05, 3.63) is 48.3 Å². The molecule has 2 heterocycles. The molecule has 0 spiro atoms. The van der Waals surface area contributed by atoms with E-state index in [-0.39, 0.29) is 24.0 Å². The summed E-state index contributed by atoms with van der Waals surface area (Å²) in [5, 5.41) is 14.5. The molecule has 2 fully saturated rings. The number of hydrogen-bond donors (Lipinski definition) is 1. The molecule has 2 aromatic rings. The lowest BCUT2D eigenvalue weighted by molar-refractivity contribution is -0.0383. The second-order valence-corrected chi connectivity index (χ2v) is 6.80. The number of nitrogens with zero attached hydrogens (tertiary/aromatic N) is 3. The van der Waals surface area contributed by atoms with Crippen molar-refractivity contribution in [3.63, 3.8) is 0 Å². The van der Waals surface area contributed by atoms with Crippen LogP contribution >= 0.6 is 0 Å². The monoisotopic (exact) mass is 341 g/mol. The Labute approximate surface area is 147 Å². The fourth-order valence-electron chi connectivity index (χ4n) is 3.99. The van der Waals surface area contributed by atoms with Crippen LogP contribution in [0.1, 0.15) is 29.6 Å². The molecular weight excluding hydrogens is 318 g/mol. The number of amides is 1. The van der Waals surface area contributed by atoms with Crippen LogP contribution in [0.3, 0.4) is 0 Å². The zero-order chi connectivity index (χ0) is 17.2. The Bertz CT molecular complexity index is 714. The van der Waals surface area contributed by atoms with Crippen molar-refractivity contribution in [1.29, 1.82) is 0 Å². The van der Waals surface area contributed by atoms with E-state index in [0.717, 1.165) is 24.9 Å². The van der Waals surface area contributed by atoms with Crippen molar-refractivity contribution in [2.45, 2.75) is 31.4 Å². The maximum absolute atomic E-state index is 13.0. The quantitative estimate of drug-likeness (QED) is 0.925. The zero-order valence-corrected chi connectivity index (χ0v) is 14.1. The molecule has 25 heavy (non-hydrogen) atoms. The molecule has 3 atom stereocenters. The number of ether oxygens (including phenoxy) is 1. The Morgan fingerprint density at radius 3 is 2.76 bits per heavy atom. The number of morpholine rings is 1. The summed E-state index contributed by atoms with van der Waals surface area (Å²) in [5.74, 6) is 0.131. The second-order valence-electron chi connectivity index (χ2n) is 6.80. The van der Waals surface area contributed by atoms with Crippen LogP contribution in [0, 0.1) is 5.92 Å². The molecule has 132 valence electrons. The van der Waals surface area contributed by atoms with Crippen LogP contribution in [0.25, 0.3) is 5.69 Å². The normalized spacial score (nSPS) is 26.8. The molecule has 1 saturated heterocycles. The van der Waals surface area contributed by atoms with Crippen molar-refractivity contribution in [1.82, 2.24) is 14.7 Å². The molecule has 1 aliphatic carbocycles. The highest BCUT2D eigenvalue weighted by Gasteiger charge is 2.39. The average molecular weight is 341 g/mol. The summed E-state index contributed by atoms with van der Waals surface area (Å²) < 4.78 is 7.38. The molecule has 1 saturated carbocycles. The molecule has 1 amide bonds. The van der Waals surface area contributed by atoms with Crippen LogP contribution in [-0.2, 0) is 4.74 Å². The van der Waals surface area contributed by atoms with Crippen LogP contribution < -0.4 is 0 Å². The fourth-order valence-corrected chi connectivity index (χ4v) is 3.99. The van der Waals surface area contributed by atoms with Gasteiger partial charge in [-0.05, 0) is 43.2 Å².